The highest BCUT2D eigenvalue weighted by atomic mass is 31.2. The summed E-state index contributed by atoms with van der Waals surface area (Å²) in [7, 11) is -5.05. The summed E-state index contributed by atoms with van der Waals surface area (Å²) < 4.78 is 30.9. The molecule has 1 saturated heterocycles. The smallest absolute Gasteiger partial charge is 0.396 e. The van der Waals surface area contributed by atoms with Crippen molar-refractivity contribution in [3.63, 3.8) is 0 Å². The van der Waals surface area contributed by atoms with Gasteiger partial charge in [0.1, 0.15) is 24.4 Å². The molecule has 1 amide bonds. The third-order valence-electron chi connectivity index (χ3n) is 3.74. The van der Waals surface area contributed by atoms with Crippen LogP contribution in [0.3, 0.4) is 0 Å². The first-order valence-corrected chi connectivity index (χ1v) is 10.1. The number of rotatable bonds is 13. The highest BCUT2D eigenvalue weighted by Gasteiger charge is 2.47. The maximum Gasteiger partial charge on any atom is 0.472 e. The molecule has 0 bridgehead atoms. The largest absolute Gasteiger partial charge is 0.472 e. The Balaban J connectivity index is 2.48. The molecule has 1 aliphatic heterocycles. The van der Waals surface area contributed by atoms with E-state index in [2.05, 4.69) is 9.84 Å². The Morgan fingerprint density at radius 1 is 1.04 bits per heavy atom. The average Bonchev–Trinajstić information content (AvgIpc) is 2.62. The lowest BCUT2D eigenvalue weighted by atomic mass is 9.97. The van der Waals surface area contributed by atoms with E-state index in [0.29, 0.717) is 13.0 Å². The van der Waals surface area contributed by atoms with Crippen LogP contribution in [0.5, 0.6) is 0 Å². The van der Waals surface area contributed by atoms with Gasteiger partial charge >= 0.3 is 7.82 Å². The molecule has 1 rings (SSSR count). The Morgan fingerprint density at radius 3 is 2.25 bits per heavy atom. The Morgan fingerprint density at radius 2 is 1.68 bits per heavy atom. The molecule has 14 heteroatoms. The molecule has 0 radical (unpaired) electrons. The molecule has 28 heavy (non-hydrogen) atoms. The zero-order valence-electron chi connectivity index (χ0n) is 15.1. The molecular weight excluding hydrogens is 405 g/mol. The van der Waals surface area contributed by atoms with E-state index in [0.717, 1.165) is 0 Å². The van der Waals surface area contributed by atoms with Crippen LogP contribution in [0.2, 0.25) is 0 Å². The van der Waals surface area contributed by atoms with Gasteiger partial charge in [-0.2, -0.15) is 0 Å². The quantitative estimate of drug-likeness (QED) is 0.113. The summed E-state index contributed by atoms with van der Waals surface area (Å²) in [4.78, 5) is 29.9. The van der Waals surface area contributed by atoms with Gasteiger partial charge in [0, 0.05) is 19.6 Å². The maximum atomic E-state index is 12.0. The van der Waals surface area contributed by atoms with E-state index in [1.807, 2.05) is 0 Å². The first-order chi connectivity index (χ1) is 13.2. The summed E-state index contributed by atoms with van der Waals surface area (Å²) in [5.41, 5.74) is 0. The summed E-state index contributed by atoms with van der Waals surface area (Å²) in [6.07, 6.45) is -6.10. The second-order valence-corrected chi connectivity index (χ2v) is 7.14. The fourth-order valence-electron chi connectivity index (χ4n) is 2.37. The molecule has 0 aliphatic carbocycles. The van der Waals surface area contributed by atoms with Crippen molar-refractivity contribution < 1.29 is 58.3 Å². The van der Waals surface area contributed by atoms with Gasteiger partial charge in [-0.05, 0) is 6.42 Å². The molecule has 1 aliphatic rings. The number of amides is 1. The Bertz CT molecular complexity index is 503. The normalized spacial score (nSPS) is 28.3. The molecule has 1 fully saturated rings. The third-order valence-corrected chi connectivity index (χ3v) is 4.22. The molecule has 1 heterocycles. The third kappa shape index (κ3) is 9.20. The van der Waals surface area contributed by atoms with Gasteiger partial charge in [0.25, 0.3) is 0 Å². The predicted molar refractivity (Wildman–Crippen MR) is 90.8 cm³/mol. The number of hydrogen-bond acceptors (Lipinski definition) is 10. The van der Waals surface area contributed by atoms with Gasteiger partial charge in [-0.3, -0.25) is 9.32 Å². The van der Waals surface area contributed by atoms with Crippen molar-refractivity contribution in [2.45, 2.75) is 43.5 Å². The van der Waals surface area contributed by atoms with Crippen molar-refractivity contribution in [3.05, 3.63) is 0 Å². The van der Waals surface area contributed by atoms with Crippen molar-refractivity contribution in [1.29, 1.82) is 0 Å². The van der Waals surface area contributed by atoms with Gasteiger partial charge in [-0.15, -0.1) is 0 Å². The Kier molecular flexibility index (Phi) is 11.6. The van der Waals surface area contributed by atoms with E-state index in [4.69, 9.17) is 34.2 Å². The van der Waals surface area contributed by atoms with Crippen LogP contribution in [0.25, 0.3) is 0 Å². The van der Waals surface area contributed by atoms with E-state index < -0.39 is 51.0 Å². The number of phosphoric ester groups is 1. The number of phosphoric acid groups is 1. The lowest BCUT2D eigenvalue weighted by Gasteiger charge is -2.41. The van der Waals surface area contributed by atoms with Gasteiger partial charge in [-0.1, -0.05) is 0 Å². The van der Waals surface area contributed by atoms with E-state index in [1.165, 1.54) is 0 Å². The van der Waals surface area contributed by atoms with Gasteiger partial charge < -0.3 is 49.7 Å². The highest BCUT2D eigenvalue weighted by molar-refractivity contribution is 7.46. The summed E-state index contributed by atoms with van der Waals surface area (Å²) >= 11 is 0. The number of hydrogen-bond donors (Lipinski definition) is 7. The number of ether oxygens (including phenoxy) is 3. The van der Waals surface area contributed by atoms with Gasteiger partial charge in [-0.25, -0.2) is 4.57 Å². The summed E-state index contributed by atoms with van der Waals surface area (Å²) in [5.74, 6) is -0.650. The molecule has 2 unspecified atom stereocenters. The minimum Gasteiger partial charge on any atom is -0.396 e. The first-order valence-electron chi connectivity index (χ1n) is 8.61. The van der Waals surface area contributed by atoms with Crippen LogP contribution in [0.15, 0.2) is 0 Å². The lowest BCUT2D eigenvalue weighted by Crippen LogP contribution is -2.64. The van der Waals surface area contributed by atoms with Crippen molar-refractivity contribution in [3.8, 4) is 0 Å². The summed E-state index contributed by atoms with van der Waals surface area (Å²) in [6, 6.07) is -1.49. The second-order valence-electron chi connectivity index (χ2n) is 5.95. The van der Waals surface area contributed by atoms with E-state index in [1.54, 1.807) is 0 Å². The summed E-state index contributed by atoms with van der Waals surface area (Å²) in [6.45, 7) is 0.174. The van der Waals surface area contributed by atoms with Crippen LogP contribution >= 0.6 is 7.82 Å². The monoisotopic (exact) mass is 433 g/mol. The molecule has 0 aromatic rings. The zero-order valence-corrected chi connectivity index (χ0v) is 16.0. The number of nitrogens with one attached hydrogen (secondary N) is 1. The van der Waals surface area contributed by atoms with Crippen LogP contribution in [-0.2, 0) is 28.1 Å². The number of carbonyl (C=O) groups excluding carboxylic acids is 1. The molecule has 166 valence electrons. The molecule has 0 spiro atoms. The second kappa shape index (κ2) is 12.8. The van der Waals surface area contributed by atoms with Gasteiger partial charge in [0.2, 0.25) is 5.91 Å². The van der Waals surface area contributed by atoms with Crippen LogP contribution in [0, 0.1) is 0 Å². The molecule has 13 nitrogen and oxygen atoms in total. The molecule has 0 saturated carbocycles. The fourth-order valence-corrected chi connectivity index (χ4v) is 2.82. The van der Waals surface area contributed by atoms with Crippen molar-refractivity contribution in [2.75, 3.05) is 39.6 Å². The molecular formula is C14H28NO12P. The standard InChI is InChI=1S/C14H28NO12P/c16-3-1-4-24-6-7-25-5-2-10(18)15-11-13(20)12(19)9(8-17)26-14(11)27-28(21,22)23/h9,11-14,16-17,19-20H,1-8H2,(H,15,18)(H2,21,22,23)/t9?,11?,12-,13+,14-/m0/s1. The minimum absolute atomic E-state index is 0.00466. The minimum atomic E-state index is -5.05. The molecule has 0 aromatic carbocycles. The van der Waals surface area contributed by atoms with Crippen molar-refractivity contribution in [2.24, 2.45) is 0 Å². The molecule has 5 atom stereocenters. The highest BCUT2D eigenvalue weighted by Crippen LogP contribution is 2.40. The molecule has 0 aromatic heterocycles. The van der Waals surface area contributed by atoms with E-state index >= 15 is 0 Å². The lowest BCUT2D eigenvalue weighted by molar-refractivity contribution is -0.248. The Labute approximate surface area is 161 Å². The zero-order chi connectivity index (χ0) is 21.2. The predicted octanol–water partition coefficient (Wildman–Crippen LogP) is -3.17. The molecule has 7 N–H and O–H groups in total. The van der Waals surface area contributed by atoms with Crippen LogP contribution in [0.4, 0.5) is 0 Å². The average molecular weight is 433 g/mol. The number of aliphatic hydroxyl groups is 4. The maximum absolute atomic E-state index is 12.0. The fraction of sp³-hybridized carbons (Fsp3) is 0.929. The SMILES string of the molecule is O=C(CCOCCOCCCO)NC1[C@H](OP(=O)(O)O)OC(CO)[C@H](O)[C@@H]1O. The van der Waals surface area contributed by atoms with Crippen molar-refractivity contribution >= 4 is 13.7 Å². The van der Waals surface area contributed by atoms with Crippen molar-refractivity contribution in [1.82, 2.24) is 5.32 Å². The van der Waals surface area contributed by atoms with Gasteiger partial charge in [0.05, 0.1) is 26.4 Å². The van der Waals surface area contributed by atoms with Crippen LogP contribution in [-0.4, -0.2) is 106 Å². The van der Waals surface area contributed by atoms with Crippen LogP contribution < -0.4 is 5.32 Å². The topological polar surface area (TPSA) is 204 Å². The van der Waals surface area contributed by atoms with E-state index in [9.17, 15) is 19.6 Å². The van der Waals surface area contributed by atoms with Gasteiger partial charge in [0.15, 0.2) is 6.29 Å². The summed E-state index contributed by atoms with van der Waals surface area (Å²) in [5, 5.41) is 40.0. The number of carbonyl (C=O) groups is 1. The van der Waals surface area contributed by atoms with E-state index in [-0.39, 0.29) is 32.8 Å². The number of aliphatic hydroxyl groups excluding tert-OH is 4. The Hall–Kier alpha value is -0.700. The first kappa shape index (κ1) is 25.3. The van der Waals surface area contributed by atoms with Crippen LogP contribution in [0.1, 0.15) is 12.8 Å².